The van der Waals surface area contributed by atoms with Crippen molar-refractivity contribution in [3.8, 4) is 0 Å². The number of nitrogens with one attached hydrogen (secondary N) is 1. The first-order chi connectivity index (χ1) is 2.89. The van der Waals surface area contributed by atoms with Crippen LogP contribution < -0.4 is 5.43 Å². The van der Waals surface area contributed by atoms with Gasteiger partial charge in [-0.25, -0.2) is 0 Å². The third kappa shape index (κ3) is 0.429. The van der Waals surface area contributed by atoms with Crippen LogP contribution in [0.2, 0.25) is 0 Å². The molecule has 0 aliphatic carbocycles. The molecule has 1 heterocycles. The van der Waals surface area contributed by atoms with E-state index in [0.29, 0.717) is 0 Å². The minimum atomic E-state index is 0.736. The van der Waals surface area contributed by atoms with Gasteiger partial charge in [0.2, 0.25) is 0 Å². The molecule has 3 nitrogen and oxygen atoms in total. The van der Waals surface area contributed by atoms with Gasteiger partial charge in [0.15, 0.2) is 6.21 Å². The monoisotopic (exact) mass is 86.0 g/mol. The molecule has 1 rings (SSSR count). The number of hydrazone groups is 1. The van der Waals surface area contributed by atoms with Crippen LogP contribution >= 0.6 is 0 Å². The molecule has 0 aromatic rings. The molecule has 0 atom stereocenters. The highest BCUT2D eigenvalue weighted by molar-refractivity contribution is 5.52. The van der Waals surface area contributed by atoms with Gasteiger partial charge in [-0.3, -0.25) is 0 Å². The Morgan fingerprint density at radius 1 is 1.83 bits per heavy atom. The predicted octanol–water partition coefficient (Wildman–Crippen LogP) is -0.524. The third-order valence-corrected chi connectivity index (χ3v) is 0.707. The SMILES string of the molecule is [O-][N+]1=CCCN1. The van der Waals surface area contributed by atoms with Crippen molar-refractivity contribution >= 4 is 6.21 Å². The van der Waals surface area contributed by atoms with Crippen LogP contribution in [0.3, 0.4) is 0 Å². The number of hydrazine groups is 1. The largest absolute Gasteiger partial charge is 0.597 e. The second-order valence-electron chi connectivity index (χ2n) is 1.21. The zero-order valence-corrected chi connectivity index (χ0v) is 3.35. The van der Waals surface area contributed by atoms with Crippen LogP contribution in [0.4, 0.5) is 0 Å². The maximum atomic E-state index is 9.99. The summed E-state index contributed by atoms with van der Waals surface area (Å²) in [6.07, 6.45) is 2.43. The van der Waals surface area contributed by atoms with Crippen LogP contribution in [0.5, 0.6) is 0 Å². The van der Waals surface area contributed by atoms with Gasteiger partial charge in [0.05, 0.1) is 13.0 Å². The molecule has 1 aliphatic heterocycles. The molecular weight excluding hydrogens is 80.0 g/mol. The first-order valence-electron chi connectivity index (χ1n) is 1.93. The quantitative estimate of drug-likeness (QED) is 0.318. The fraction of sp³-hybridized carbons (Fsp3) is 0.667. The smallest absolute Gasteiger partial charge is 0.185 e. The standard InChI is InChI=1S/C3H6N2O/c6-5-3-1-2-4-5/h3-4H,1-2H2. The van der Waals surface area contributed by atoms with Gasteiger partial charge < -0.3 is 5.21 Å². The number of hydrogen-bond donors (Lipinski definition) is 1. The summed E-state index contributed by atoms with van der Waals surface area (Å²) in [6.45, 7) is 0.795. The highest BCUT2D eigenvalue weighted by Crippen LogP contribution is 1.76. The van der Waals surface area contributed by atoms with E-state index in [2.05, 4.69) is 5.43 Å². The van der Waals surface area contributed by atoms with Gasteiger partial charge in [-0.05, 0) is 0 Å². The van der Waals surface area contributed by atoms with E-state index in [9.17, 15) is 5.21 Å². The summed E-state index contributed by atoms with van der Waals surface area (Å²) in [7, 11) is 0. The lowest BCUT2D eigenvalue weighted by atomic mass is 10.5. The molecule has 0 aromatic carbocycles. The maximum absolute atomic E-state index is 9.99. The van der Waals surface area contributed by atoms with Gasteiger partial charge >= 0.3 is 0 Å². The minimum absolute atomic E-state index is 0.736. The molecule has 0 saturated carbocycles. The fourth-order valence-corrected chi connectivity index (χ4v) is 0.421. The molecule has 34 valence electrons. The van der Waals surface area contributed by atoms with Crippen molar-refractivity contribution in [3.63, 3.8) is 0 Å². The second-order valence-corrected chi connectivity index (χ2v) is 1.21. The summed E-state index contributed by atoms with van der Waals surface area (Å²) < 4.78 is 0. The molecule has 3 heteroatoms. The molecule has 1 aliphatic rings. The first-order valence-corrected chi connectivity index (χ1v) is 1.93. The van der Waals surface area contributed by atoms with E-state index in [1.54, 1.807) is 6.21 Å². The van der Waals surface area contributed by atoms with Gasteiger partial charge in [0.25, 0.3) is 0 Å². The number of hydrogen-bond acceptors (Lipinski definition) is 2. The van der Waals surface area contributed by atoms with Gasteiger partial charge in [0, 0.05) is 0 Å². The molecule has 0 amide bonds. The lowest BCUT2D eigenvalue weighted by Gasteiger charge is -1.91. The summed E-state index contributed by atoms with van der Waals surface area (Å²) in [5.41, 5.74) is 2.54. The van der Waals surface area contributed by atoms with Crippen molar-refractivity contribution in [2.75, 3.05) is 6.54 Å². The zero-order chi connectivity index (χ0) is 4.41. The molecule has 0 bridgehead atoms. The van der Waals surface area contributed by atoms with Crippen LogP contribution in [0.15, 0.2) is 0 Å². The highest BCUT2D eigenvalue weighted by Gasteiger charge is 1.97. The average Bonchev–Trinajstić information content (AvgIpc) is 1.86. The second kappa shape index (κ2) is 1.16. The molecule has 0 unspecified atom stereocenters. The Morgan fingerprint density at radius 2 is 2.67 bits per heavy atom. The van der Waals surface area contributed by atoms with Crippen molar-refractivity contribution < 1.29 is 4.85 Å². The molecule has 0 radical (unpaired) electrons. The van der Waals surface area contributed by atoms with E-state index in [4.69, 9.17) is 0 Å². The Balaban J connectivity index is 2.45. The van der Waals surface area contributed by atoms with E-state index in [0.717, 1.165) is 17.8 Å². The van der Waals surface area contributed by atoms with E-state index >= 15 is 0 Å². The first kappa shape index (κ1) is 3.46. The highest BCUT2D eigenvalue weighted by atomic mass is 16.5. The van der Waals surface area contributed by atoms with Gasteiger partial charge in [-0.1, -0.05) is 4.85 Å². The lowest BCUT2D eigenvalue weighted by Crippen LogP contribution is -2.16. The summed E-state index contributed by atoms with van der Waals surface area (Å²) in [5.74, 6) is 0. The van der Waals surface area contributed by atoms with E-state index < -0.39 is 0 Å². The minimum Gasteiger partial charge on any atom is -0.597 e. The van der Waals surface area contributed by atoms with Crippen molar-refractivity contribution in [1.82, 2.24) is 5.43 Å². The Morgan fingerprint density at radius 3 is 2.83 bits per heavy atom. The van der Waals surface area contributed by atoms with Crippen molar-refractivity contribution in [1.29, 1.82) is 0 Å². The Kier molecular flexibility index (Phi) is 0.670. The van der Waals surface area contributed by atoms with Gasteiger partial charge in [-0.2, -0.15) is 5.43 Å². The Bertz CT molecular complexity index is 78.9. The topological polar surface area (TPSA) is 38.1 Å². The molecule has 0 spiro atoms. The summed E-state index contributed by atoms with van der Waals surface area (Å²) in [4.78, 5) is 0.736. The number of nitrogens with zero attached hydrogens (tertiary/aromatic N) is 1. The van der Waals surface area contributed by atoms with Gasteiger partial charge in [0.1, 0.15) is 0 Å². The van der Waals surface area contributed by atoms with Crippen molar-refractivity contribution in [2.45, 2.75) is 6.42 Å². The normalized spacial score (nSPS) is 19.7. The maximum Gasteiger partial charge on any atom is 0.185 e. The van der Waals surface area contributed by atoms with Gasteiger partial charge in [-0.15, -0.1) is 0 Å². The molecule has 6 heavy (non-hydrogen) atoms. The summed E-state index contributed by atoms with van der Waals surface area (Å²) >= 11 is 0. The summed E-state index contributed by atoms with van der Waals surface area (Å²) in [5, 5.41) is 9.99. The van der Waals surface area contributed by atoms with Crippen LogP contribution in [-0.2, 0) is 0 Å². The molecule has 0 aromatic heterocycles. The third-order valence-electron chi connectivity index (χ3n) is 0.707. The van der Waals surface area contributed by atoms with Crippen LogP contribution in [0, 0.1) is 5.21 Å². The molecule has 1 N–H and O–H groups in total. The molecular formula is C3H6N2O. The van der Waals surface area contributed by atoms with E-state index in [1.165, 1.54) is 0 Å². The van der Waals surface area contributed by atoms with E-state index in [-0.39, 0.29) is 0 Å². The fourth-order valence-electron chi connectivity index (χ4n) is 0.421. The predicted molar refractivity (Wildman–Crippen MR) is 22.3 cm³/mol. The van der Waals surface area contributed by atoms with Crippen LogP contribution in [0.25, 0.3) is 0 Å². The van der Waals surface area contributed by atoms with E-state index in [1.807, 2.05) is 0 Å². The van der Waals surface area contributed by atoms with Crippen molar-refractivity contribution in [2.24, 2.45) is 0 Å². The Hall–Kier alpha value is -0.730. The zero-order valence-electron chi connectivity index (χ0n) is 3.35. The summed E-state index contributed by atoms with van der Waals surface area (Å²) in [6, 6.07) is 0. The molecule has 0 fully saturated rings. The lowest BCUT2D eigenvalue weighted by molar-refractivity contribution is -0.509. The number of rotatable bonds is 0. The van der Waals surface area contributed by atoms with Crippen LogP contribution in [0.1, 0.15) is 6.42 Å². The van der Waals surface area contributed by atoms with Crippen LogP contribution in [-0.4, -0.2) is 17.6 Å². The molecule has 0 saturated heterocycles. The Labute approximate surface area is 35.8 Å². The van der Waals surface area contributed by atoms with Crippen molar-refractivity contribution in [3.05, 3.63) is 5.21 Å². The average molecular weight is 86.1 g/mol.